The number of hydrogen-bond acceptors (Lipinski definition) is 3. The number of nitrogens with zero attached hydrogens (tertiary/aromatic N) is 1. The Bertz CT molecular complexity index is 500. The van der Waals surface area contributed by atoms with Crippen molar-refractivity contribution in [3.8, 4) is 0 Å². The minimum absolute atomic E-state index is 1.02. The lowest BCUT2D eigenvalue weighted by molar-refractivity contribution is 0.678. The Morgan fingerprint density at radius 2 is 1.85 bits per heavy atom. The van der Waals surface area contributed by atoms with Gasteiger partial charge in [0.15, 0.2) is 0 Å². The third-order valence-corrected chi connectivity index (χ3v) is 4.34. The Balaban J connectivity index is 1.70. The summed E-state index contributed by atoms with van der Waals surface area (Å²) in [7, 11) is 2.16. The van der Waals surface area contributed by atoms with Crippen LogP contribution >= 0.6 is 11.3 Å². The first-order valence-electron chi connectivity index (χ1n) is 7.17. The molecule has 1 N–H and O–H groups in total. The van der Waals surface area contributed by atoms with Crippen molar-refractivity contribution in [3.63, 3.8) is 0 Å². The van der Waals surface area contributed by atoms with Crippen molar-refractivity contribution in [1.29, 1.82) is 0 Å². The summed E-state index contributed by atoms with van der Waals surface area (Å²) in [5.74, 6) is 0. The van der Waals surface area contributed by atoms with Crippen LogP contribution in [0.3, 0.4) is 0 Å². The van der Waals surface area contributed by atoms with Gasteiger partial charge in [-0.15, -0.1) is 11.3 Å². The normalized spacial score (nSPS) is 10.8. The number of nitrogens with one attached hydrogen (secondary N) is 1. The van der Waals surface area contributed by atoms with Crippen LogP contribution in [-0.4, -0.2) is 26.7 Å². The Kier molecular flexibility index (Phi) is 5.62. The Morgan fingerprint density at radius 3 is 2.50 bits per heavy atom. The van der Waals surface area contributed by atoms with Crippen LogP contribution < -0.4 is 10.2 Å². The monoisotopic (exact) mass is 288 g/mol. The van der Waals surface area contributed by atoms with E-state index in [0.717, 1.165) is 26.1 Å². The van der Waals surface area contributed by atoms with Crippen molar-refractivity contribution in [2.24, 2.45) is 0 Å². The van der Waals surface area contributed by atoms with E-state index < -0.39 is 0 Å². The van der Waals surface area contributed by atoms with Crippen LogP contribution in [0.1, 0.15) is 16.0 Å². The summed E-state index contributed by atoms with van der Waals surface area (Å²) in [5.41, 5.74) is 3.97. The van der Waals surface area contributed by atoms with E-state index in [4.69, 9.17) is 0 Å². The summed E-state index contributed by atoms with van der Waals surface area (Å²) in [6.07, 6.45) is 1.13. The number of benzene rings is 1. The van der Waals surface area contributed by atoms with Crippen molar-refractivity contribution >= 4 is 17.0 Å². The maximum atomic E-state index is 3.52. The molecule has 0 aliphatic rings. The predicted octanol–water partition coefficient (Wildman–Crippen LogP) is 3.63. The van der Waals surface area contributed by atoms with Crippen molar-refractivity contribution < 1.29 is 0 Å². The van der Waals surface area contributed by atoms with Crippen molar-refractivity contribution in [1.82, 2.24) is 5.32 Å². The van der Waals surface area contributed by atoms with E-state index >= 15 is 0 Å². The first kappa shape index (κ1) is 15.1. The number of aryl methyl sites for hydroxylation is 2. The zero-order chi connectivity index (χ0) is 14.4. The molecule has 0 radical (unpaired) electrons. The number of anilines is 1. The average Bonchev–Trinajstić information content (AvgIpc) is 2.90. The molecule has 0 saturated carbocycles. The van der Waals surface area contributed by atoms with E-state index in [1.54, 1.807) is 0 Å². The Morgan fingerprint density at radius 1 is 1.10 bits per heavy atom. The molecular formula is C17H24N2S. The van der Waals surface area contributed by atoms with Gasteiger partial charge in [-0.3, -0.25) is 0 Å². The van der Waals surface area contributed by atoms with Gasteiger partial charge in [0.2, 0.25) is 0 Å². The molecule has 0 fully saturated rings. The fourth-order valence-electron chi connectivity index (χ4n) is 2.34. The fraction of sp³-hybridized carbons (Fsp3) is 0.412. The van der Waals surface area contributed by atoms with E-state index in [1.165, 1.54) is 21.7 Å². The largest absolute Gasteiger partial charge is 0.373 e. The molecule has 0 unspecified atom stereocenters. The zero-order valence-electron chi connectivity index (χ0n) is 12.6. The molecule has 0 atom stereocenters. The molecule has 1 aromatic heterocycles. The number of hydrogen-bond donors (Lipinski definition) is 1. The molecule has 0 aliphatic carbocycles. The summed E-state index contributed by atoms with van der Waals surface area (Å²) in [4.78, 5) is 3.78. The van der Waals surface area contributed by atoms with Gasteiger partial charge in [-0.2, -0.15) is 0 Å². The zero-order valence-corrected chi connectivity index (χ0v) is 13.5. The van der Waals surface area contributed by atoms with Crippen LogP contribution in [-0.2, 0) is 6.42 Å². The first-order chi connectivity index (χ1) is 9.65. The molecule has 1 aromatic carbocycles. The third-order valence-electron chi connectivity index (χ3n) is 3.40. The maximum Gasteiger partial charge on any atom is 0.0369 e. The third kappa shape index (κ3) is 4.66. The first-order valence-corrected chi connectivity index (χ1v) is 8.05. The highest BCUT2D eigenvalue weighted by Crippen LogP contribution is 2.17. The lowest BCUT2D eigenvalue weighted by atomic mass is 10.1. The summed E-state index contributed by atoms with van der Waals surface area (Å²) in [5, 5.41) is 5.66. The van der Waals surface area contributed by atoms with Crippen molar-refractivity contribution in [2.75, 3.05) is 31.6 Å². The number of thiophene rings is 1. The highest BCUT2D eigenvalue weighted by Gasteiger charge is 2.02. The van der Waals surface area contributed by atoms with Crippen LogP contribution in [0.5, 0.6) is 0 Å². The van der Waals surface area contributed by atoms with E-state index in [-0.39, 0.29) is 0 Å². The van der Waals surface area contributed by atoms with Gasteiger partial charge in [-0.25, -0.2) is 0 Å². The molecule has 0 amide bonds. The summed E-state index contributed by atoms with van der Waals surface area (Å²) in [6, 6.07) is 11.0. The molecule has 2 aromatic rings. The van der Waals surface area contributed by atoms with Crippen LogP contribution in [0.15, 0.2) is 35.7 Å². The van der Waals surface area contributed by atoms with E-state index in [0.29, 0.717) is 0 Å². The fourth-order valence-corrected chi connectivity index (χ4v) is 3.05. The summed E-state index contributed by atoms with van der Waals surface area (Å²) < 4.78 is 0. The minimum Gasteiger partial charge on any atom is -0.373 e. The topological polar surface area (TPSA) is 15.3 Å². The van der Waals surface area contributed by atoms with Gasteiger partial charge in [0, 0.05) is 37.2 Å². The van der Waals surface area contributed by atoms with Gasteiger partial charge in [-0.1, -0.05) is 12.1 Å². The van der Waals surface area contributed by atoms with Gasteiger partial charge in [-0.05, 0) is 55.0 Å². The van der Waals surface area contributed by atoms with Crippen LogP contribution in [0, 0.1) is 13.8 Å². The summed E-state index contributed by atoms with van der Waals surface area (Å²) in [6.45, 7) is 7.43. The quantitative estimate of drug-likeness (QED) is 0.783. The van der Waals surface area contributed by atoms with Crippen LogP contribution in [0.2, 0.25) is 0 Å². The highest BCUT2D eigenvalue weighted by atomic mass is 32.1. The lowest BCUT2D eigenvalue weighted by Gasteiger charge is -2.20. The molecule has 0 spiro atoms. The maximum absolute atomic E-state index is 3.52. The Hall–Kier alpha value is -1.32. The number of likely N-dealkylation sites (N-methyl/N-ethyl adjacent to an activating group) is 1. The van der Waals surface area contributed by atoms with E-state index in [2.05, 4.69) is 66.8 Å². The van der Waals surface area contributed by atoms with E-state index in [9.17, 15) is 0 Å². The predicted molar refractivity (Wildman–Crippen MR) is 90.1 cm³/mol. The molecule has 0 aliphatic heterocycles. The van der Waals surface area contributed by atoms with Crippen LogP contribution in [0.25, 0.3) is 0 Å². The molecule has 0 saturated heterocycles. The molecule has 2 rings (SSSR count). The second-order valence-electron chi connectivity index (χ2n) is 5.35. The van der Waals surface area contributed by atoms with Crippen LogP contribution in [0.4, 0.5) is 5.69 Å². The second-order valence-corrected chi connectivity index (χ2v) is 6.38. The van der Waals surface area contributed by atoms with E-state index in [1.807, 2.05) is 11.3 Å². The molecule has 0 bridgehead atoms. The van der Waals surface area contributed by atoms with Crippen molar-refractivity contribution in [2.45, 2.75) is 20.3 Å². The smallest absolute Gasteiger partial charge is 0.0369 e. The molecule has 3 heteroatoms. The SMILES string of the molecule is Cc1cc(C)cc(N(C)CCNCCc2cccs2)c1. The summed E-state index contributed by atoms with van der Waals surface area (Å²) >= 11 is 1.84. The van der Waals surface area contributed by atoms with Gasteiger partial charge in [0.05, 0.1) is 0 Å². The lowest BCUT2D eigenvalue weighted by Crippen LogP contribution is -2.30. The second kappa shape index (κ2) is 7.46. The van der Waals surface area contributed by atoms with Gasteiger partial charge in [0.25, 0.3) is 0 Å². The molecule has 20 heavy (non-hydrogen) atoms. The standard InChI is InChI=1S/C17H24N2S/c1-14-11-15(2)13-16(12-14)19(3)9-8-18-7-6-17-5-4-10-20-17/h4-5,10-13,18H,6-9H2,1-3H3. The van der Waals surface area contributed by atoms with Gasteiger partial charge >= 0.3 is 0 Å². The molecule has 2 nitrogen and oxygen atoms in total. The van der Waals surface area contributed by atoms with Gasteiger partial charge in [0.1, 0.15) is 0 Å². The van der Waals surface area contributed by atoms with Gasteiger partial charge < -0.3 is 10.2 Å². The number of rotatable bonds is 7. The minimum atomic E-state index is 1.02. The molecule has 1 heterocycles. The molecule has 108 valence electrons. The molecular weight excluding hydrogens is 264 g/mol. The Labute approximate surface area is 126 Å². The average molecular weight is 288 g/mol. The van der Waals surface area contributed by atoms with Crippen molar-refractivity contribution in [3.05, 3.63) is 51.7 Å². The highest BCUT2D eigenvalue weighted by molar-refractivity contribution is 7.09.